The molecule has 3 fully saturated rings. The monoisotopic (exact) mass is 475 g/mol. The first-order chi connectivity index (χ1) is 16.3. The van der Waals surface area contributed by atoms with Crippen LogP contribution in [-0.2, 0) is 16.1 Å². The SMILES string of the molecule is Cc1cc(C)c(NC2CCNC2)c(-c2ccnc3cc(CN4C(=O)C5C(C4=O)C5(C)C)sc23)n1. The number of carbonyl (C=O) groups excluding carboxylic acids is 2. The summed E-state index contributed by atoms with van der Waals surface area (Å²) < 4.78 is 1.03. The minimum Gasteiger partial charge on any atom is -0.379 e. The molecule has 8 heteroatoms. The fraction of sp³-hybridized carbons (Fsp3) is 0.462. The van der Waals surface area contributed by atoms with Crippen LogP contribution >= 0.6 is 11.3 Å². The lowest BCUT2D eigenvalue weighted by Gasteiger charge is -2.20. The predicted octanol–water partition coefficient (Wildman–Crippen LogP) is 3.89. The zero-order chi connectivity index (χ0) is 23.8. The molecule has 0 bridgehead atoms. The average molecular weight is 476 g/mol. The van der Waals surface area contributed by atoms with Gasteiger partial charge in [0.15, 0.2) is 0 Å². The van der Waals surface area contributed by atoms with Gasteiger partial charge in [0.1, 0.15) is 0 Å². The molecule has 3 aromatic rings. The topological polar surface area (TPSA) is 87.2 Å². The number of nitrogens with zero attached hydrogens (tertiary/aromatic N) is 3. The van der Waals surface area contributed by atoms with E-state index in [4.69, 9.17) is 4.98 Å². The summed E-state index contributed by atoms with van der Waals surface area (Å²) in [5.74, 6) is -0.362. The van der Waals surface area contributed by atoms with E-state index in [1.807, 2.05) is 39.1 Å². The molecule has 34 heavy (non-hydrogen) atoms. The van der Waals surface area contributed by atoms with Crippen molar-refractivity contribution < 1.29 is 9.59 Å². The number of amides is 2. The summed E-state index contributed by atoms with van der Waals surface area (Å²) in [5, 5.41) is 7.14. The van der Waals surface area contributed by atoms with Crippen LogP contribution in [0.3, 0.4) is 0 Å². The Balaban J connectivity index is 1.36. The first kappa shape index (κ1) is 21.7. The Morgan fingerprint density at radius 1 is 1.21 bits per heavy atom. The average Bonchev–Trinajstić information content (AvgIpc) is 3.24. The Bertz CT molecular complexity index is 1320. The molecule has 3 aliphatic rings. The maximum atomic E-state index is 12.8. The number of hydrogen-bond acceptors (Lipinski definition) is 7. The van der Waals surface area contributed by atoms with Gasteiger partial charge in [-0.2, -0.15) is 0 Å². The molecule has 2 amide bonds. The van der Waals surface area contributed by atoms with Crippen LogP contribution in [0.2, 0.25) is 0 Å². The Kier molecular flexibility index (Phi) is 4.83. The summed E-state index contributed by atoms with van der Waals surface area (Å²) in [7, 11) is 0. The minimum atomic E-state index is -0.188. The molecule has 1 aliphatic carbocycles. The second kappa shape index (κ2) is 7.58. The van der Waals surface area contributed by atoms with Gasteiger partial charge in [-0.25, -0.2) is 0 Å². The van der Waals surface area contributed by atoms with Gasteiger partial charge < -0.3 is 10.6 Å². The van der Waals surface area contributed by atoms with Crippen LogP contribution in [0.5, 0.6) is 0 Å². The Labute approximate surface area is 203 Å². The molecule has 0 radical (unpaired) electrons. The molecule has 5 heterocycles. The maximum absolute atomic E-state index is 12.8. The van der Waals surface area contributed by atoms with Gasteiger partial charge >= 0.3 is 0 Å². The van der Waals surface area contributed by atoms with E-state index >= 15 is 0 Å². The third-order valence-electron chi connectivity index (χ3n) is 7.68. The van der Waals surface area contributed by atoms with Crippen molar-refractivity contribution >= 4 is 39.1 Å². The van der Waals surface area contributed by atoms with Crippen molar-refractivity contribution in [1.29, 1.82) is 0 Å². The van der Waals surface area contributed by atoms with Gasteiger partial charge in [-0.05, 0) is 56.0 Å². The highest BCUT2D eigenvalue weighted by atomic mass is 32.1. The number of rotatable bonds is 5. The summed E-state index contributed by atoms with van der Waals surface area (Å²) in [4.78, 5) is 37.6. The molecule has 2 N–H and O–H groups in total. The van der Waals surface area contributed by atoms with E-state index in [1.54, 1.807) is 11.3 Å². The van der Waals surface area contributed by atoms with E-state index in [-0.39, 0.29) is 29.1 Å². The molecule has 3 atom stereocenters. The number of imide groups is 1. The number of carbonyl (C=O) groups is 2. The number of aromatic nitrogens is 2. The first-order valence-corrected chi connectivity index (χ1v) is 12.8. The van der Waals surface area contributed by atoms with E-state index in [0.29, 0.717) is 12.6 Å². The van der Waals surface area contributed by atoms with Crippen LogP contribution in [0, 0.1) is 31.1 Å². The van der Waals surface area contributed by atoms with E-state index in [0.717, 1.165) is 57.2 Å². The fourth-order valence-corrected chi connectivity index (χ4v) is 6.88. The van der Waals surface area contributed by atoms with Gasteiger partial charge in [-0.15, -0.1) is 11.3 Å². The van der Waals surface area contributed by atoms with Gasteiger partial charge in [0.2, 0.25) is 11.8 Å². The van der Waals surface area contributed by atoms with Crippen molar-refractivity contribution in [3.63, 3.8) is 0 Å². The first-order valence-electron chi connectivity index (χ1n) is 11.9. The number of hydrogen-bond donors (Lipinski definition) is 2. The van der Waals surface area contributed by atoms with Crippen molar-refractivity contribution in [3.05, 3.63) is 40.5 Å². The van der Waals surface area contributed by atoms with Gasteiger partial charge in [-0.1, -0.05) is 13.8 Å². The molecule has 1 saturated carbocycles. The standard InChI is InChI=1S/C26H29N5O2S/c1-13-9-14(2)29-22(21(13)30-15-5-7-27-11-15)17-6-8-28-18-10-16(34-23(17)18)12-31-24(32)19-20(25(31)33)26(19,3)4/h6,8-10,15,19-20,27,30H,5,7,11-12H2,1-4H3. The van der Waals surface area contributed by atoms with Crippen molar-refractivity contribution in [2.45, 2.75) is 46.7 Å². The molecule has 2 saturated heterocycles. The largest absolute Gasteiger partial charge is 0.379 e. The van der Waals surface area contributed by atoms with Gasteiger partial charge in [0.05, 0.1) is 40.0 Å². The molecule has 176 valence electrons. The molecule has 0 spiro atoms. The lowest BCUT2D eigenvalue weighted by Crippen LogP contribution is -2.35. The Morgan fingerprint density at radius 3 is 2.68 bits per heavy atom. The number of anilines is 1. The number of nitrogens with one attached hydrogen (secondary N) is 2. The summed E-state index contributed by atoms with van der Waals surface area (Å²) in [6, 6.07) is 6.52. The van der Waals surface area contributed by atoms with Crippen LogP contribution in [0.4, 0.5) is 5.69 Å². The van der Waals surface area contributed by atoms with Gasteiger partial charge in [0, 0.05) is 34.9 Å². The Morgan fingerprint density at radius 2 is 1.97 bits per heavy atom. The number of pyridine rings is 2. The van der Waals surface area contributed by atoms with Crippen molar-refractivity contribution in [2.24, 2.45) is 17.3 Å². The van der Waals surface area contributed by atoms with Crippen molar-refractivity contribution in [1.82, 2.24) is 20.2 Å². The highest BCUT2D eigenvalue weighted by molar-refractivity contribution is 7.19. The number of aryl methyl sites for hydroxylation is 2. The number of piperidine rings is 1. The van der Waals surface area contributed by atoms with Crippen LogP contribution in [0.1, 0.15) is 36.4 Å². The number of likely N-dealkylation sites (tertiary alicyclic amines) is 1. The smallest absolute Gasteiger partial charge is 0.234 e. The predicted molar refractivity (Wildman–Crippen MR) is 134 cm³/mol. The Hall–Kier alpha value is -2.84. The van der Waals surface area contributed by atoms with Crippen LogP contribution in [0.25, 0.3) is 21.5 Å². The van der Waals surface area contributed by atoms with E-state index in [1.165, 1.54) is 10.5 Å². The molecule has 3 aromatic heterocycles. The lowest BCUT2D eigenvalue weighted by molar-refractivity contribution is -0.143. The van der Waals surface area contributed by atoms with E-state index in [9.17, 15) is 9.59 Å². The van der Waals surface area contributed by atoms with Gasteiger partial charge in [0.25, 0.3) is 0 Å². The van der Waals surface area contributed by atoms with Crippen molar-refractivity contribution in [2.75, 3.05) is 18.4 Å². The number of thiophene rings is 1. The highest BCUT2D eigenvalue weighted by Crippen LogP contribution is 2.63. The molecular weight excluding hydrogens is 446 g/mol. The summed E-state index contributed by atoms with van der Waals surface area (Å²) in [5.41, 5.74) is 5.86. The normalized spacial score (nSPS) is 25.3. The molecule has 7 nitrogen and oxygen atoms in total. The summed E-state index contributed by atoms with van der Waals surface area (Å²) in [6.45, 7) is 10.4. The van der Waals surface area contributed by atoms with E-state index in [2.05, 4.69) is 28.6 Å². The van der Waals surface area contributed by atoms with Crippen LogP contribution in [-0.4, -0.2) is 45.8 Å². The second-order valence-corrected chi connectivity index (χ2v) is 11.6. The van der Waals surface area contributed by atoms with Gasteiger partial charge in [-0.3, -0.25) is 24.5 Å². The van der Waals surface area contributed by atoms with E-state index < -0.39 is 0 Å². The zero-order valence-corrected chi connectivity index (χ0v) is 20.8. The second-order valence-electron chi connectivity index (χ2n) is 10.5. The molecular formula is C26H29N5O2S. The molecule has 2 aliphatic heterocycles. The quantitative estimate of drug-likeness (QED) is 0.545. The molecule has 6 rings (SSSR count). The zero-order valence-electron chi connectivity index (χ0n) is 19.9. The minimum absolute atomic E-state index is 0.0294. The van der Waals surface area contributed by atoms with Crippen LogP contribution in [0.15, 0.2) is 24.4 Å². The molecule has 0 aromatic carbocycles. The third-order valence-corrected chi connectivity index (χ3v) is 8.82. The molecule has 3 unspecified atom stereocenters. The summed E-state index contributed by atoms with van der Waals surface area (Å²) >= 11 is 1.60. The summed E-state index contributed by atoms with van der Waals surface area (Å²) in [6.07, 6.45) is 2.90. The number of fused-ring (bicyclic) bond motifs is 2. The third kappa shape index (κ3) is 3.26. The maximum Gasteiger partial charge on any atom is 0.234 e. The van der Waals surface area contributed by atoms with Crippen LogP contribution < -0.4 is 10.6 Å². The van der Waals surface area contributed by atoms with Crippen molar-refractivity contribution in [3.8, 4) is 11.3 Å². The fourth-order valence-electron chi connectivity index (χ4n) is 5.76. The lowest BCUT2D eigenvalue weighted by atomic mass is 10.0. The highest BCUT2D eigenvalue weighted by Gasteiger charge is 2.72.